The molecule has 0 radical (unpaired) electrons. The van der Waals surface area contributed by atoms with Crippen molar-refractivity contribution < 1.29 is 4.79 Å². The van der Waals surface area contributed by atoms with Gasteiger partial charge in [-0.3, -0.25) is 9.79 Å². The molecule has 1 amide bonds. The lowest BCUT2D eigenvalue weighted by Gasteiger charge is -2.26. The number of amides is 1. The van der Waals surface area contributed by atoms with Gasteiger partial charge in [-0.25, -0.2) is 0 Å². The highest BCUT2D eigenvalue weighted by molar-refractivity contribution is 9.10. The SMILES string of the molecule is CN=C(NCc1cc(Br)cs1)NC1CCN(C(=O)C2CCCCC2)C1. The van der Waals surface area contributed by atoms with E-state index in [1.807, 2.05) is 0 Å². The zero-order valence-corrected chi connectivity index (χ0v) is 17.2. The van der Waals surface area contributed by atoms with Gasteiger partial charge >= 0.3 is 0 Å². The van der Waals surface area contributed by atoms with E-state index < -0.39 is 0 Å². The van der Waals surface area contributed by atoms with Crippen LogP contribution in [-0.2, 0) is 11.3 Å². The van der Waals surface area contributed by atoms with Crippen LogP contribution in [0.15, 0.2) is 20.9 Å². The summed E-state index contributed by atoms with van der Waals surface area (Å²) in [5, 5.41) is 8.91. The minimum absolute atomic E-state index is 0.266. The highest BCUT2D eigenvalue weighted by Gasteiger charge is 2.31. The molecule has 0 spiro atoms. The van der Waals surface area contributed by atoms with Gasteiger partial charge in [-0.15, -0.1) is 11.3 Å². The number of hydrogen-bond donors (Lipinski definition) is 2. The number of hydrogen-bond acceptors (Lipinski definition) is 3. The number of likely N-dealkylation sites (tertiary alicyclic amines) is 1. The van der Waals surface area contributed by atoms with Gasteiger partial charge in [-0.1, -0.05) is 19.3 Å². The molecule has 2 heterocycles. The molecular formula is C18H27BrN4OS. The van der Waals surface area contributed by atoms with Crippen LogP contribution >= 0.6 is 27.3 Å². The molecule has 5 nitrogen and oxygen atoms in total. The van der Waals surface area contributed by atoms with Crippen LogP contribution in [0.3, 0.4) is 0 Å². The van der Waals surface area contributed by atoms with Crippen molar-refractivity contribution in [2.75, 3.05) is 20.1 Å². The van der Waals surface area contributed by atoms with E-state index in [-0.39, 0.29) is 12.0 Å². The van der Waals surface area contributed by atoms with E-state index in [0.717, 1.165) is 49.3 Å². The van der Waals surface area contributed by atoms with Crippen molar-refractivity contribution in [1.82, 2.24) is 15.5 Å². The molecule has 0 aromatic carbocycles. The Kier molecular flexibility index (Phi) is 6.76. The van der Waals surface area contributed by atoms with Crippen LogP contribution in [-0.4, -0.2) is 42.9 Å². The van der Waals surface area contributed by atoms with Crippen molar-refractivity contribution in [2.45, 2.75) is 51.1 Å². The first-order chi connectivity index (χ1) is 12.2. The van der Waals surface area contributed by atoms with E-state index in [9.17, 15) is 4.79 Å². The fourth-order valence-electron chi connectivity index (χ4n) is 3.69. The first kappa shape index (κ1) is 18.7. The normalized spacial score (nSPS) is 22.2. The molecule has 25 heavy (non-hydrogen) atoms. The standard InChI is InChI=1S/C18H27BrN4OS/c1-20-18(21-10-16-9-14(19)12-25-16)22-15-7-8-23(11-15)17(24)13-5-3-2-4-6-13/h9,12-13,15H,2-8,10-11H2,1H3,(H2,20,21,22). The topological polar surface area (TPSA) is 56.7 Å². The summed E-state index contributed by atoms with van der Waals surface area (Å²) >= 11 is 5.20. The molecule has 0 bridgehead atoms. The molecular weight excluding hydrogens is 400 g/mol. The second-order valence-electron chi connectivity index (χ2n) is 6.91. The van der Waals surface area contributed by atoms with Gasteiger partial charge in [0, 0.05) is 46.8 Å². The van der Waals surface area contributed by atoms with Crippen molar-refractivity contribution in [1.29, 1.82) is 0 Å². The molecule has 1 saturated heterocycles. The van der Waals surface area contributed by atoms with E-state index in [1.165, 1.54) is 24.1 Å². The van der Waals surface area contributed by atoms with Gasteiger partial charge < -0.3 is 15.5 Å². The number of guanidine groups is 1. The number of aliphatic imine (C=N–C) groups is 1. The van der Waals surface area contributed by atoms with Gasteiger partial charge in [0.2, 0.25) is 5.91 Å². The van der Waals surface area contributed by atoms with Gasteiger partial charge in [0.15, 0.2) is 5.96 Å². The average Bonchev–Trinajstić information content (AvgIpc) is 3.27. The Hall–Kier alpha value is -1.08. The van der Waals surface area contributed by atoms with E-state index in [2.05, 4.69) is 47.9 Å². The molecule has 1 aromatic rings. The molecule has 2 N–H and O–H groups in total. The molecule has 1 aliphatic carbocycles. The minimum Gasteiger partial charge on any atom is -0.352 e. The Morgan fingerprint density at radius 1 is 1.36 bits per heavy atom. The van der Waals surface area contributed by atoms with Gasteiger partial charge in [0.25, 0.3) is 0 Å². The summed E-state index contributed by atoms with van der Waals surface area (Å²) in [6.45, 7) is 2.41. The maximum Gasteiger partial charge on any atom is 0.225 e. The van der Waals surface area contributed by atoms with Crippen LogP contribution in [0.5, 0.6) is 0 Å². The molecule has 2 fully saturated rings. The van der Waals surface area contributed by atoms with E-state index in [1.54, 1.807) is 18.4 Å². The second kappa shape index (κ2) is 9.03. The maximum atomic E-state index is 12.7. The van der Waals surface area contributed by atoms with Crippen LogP contribution in [0.25, 0.3) is 0 Å². The average molecular weight is 427 g/mol. The van der Waals surface area contributed by atoms with Crippen molar-refractivity contribution in [3.8, 4) is 0 Å². The zero-order chi connectivity index (χ0) is 17.6. The van der Waals surface area contributed by atoms with Gasteiger partial charge in [0.1, 0.15) is 0 Å². The summed E-state index contributed by atoms with van der Waals surface area (Å²) in [7, 11) is 1.79. The van der Waals surface area contributed by atoms with Crippen LogP contribution in [0.4, 0.5) is 0 Å². The molecule has 1 aliphatic heterocycles. The Bertz CT molecular complexity index is 612. The maximum absolute atomic E-state index is 12.7. The summed E-state index contributed by atoms with van der Waals surface area (Å²) in [6.07, 6.45) is 6.85. The Morgan fingerprint density at radius 2 is 2.16 bits per heavy atom. The van der Waals surface area contributed by atoms with Crippen LogP contribution < -0.4 is 10.6 Å². The third kappa shape index (κ3) is 5.20. The smallest absolute Gasteiger partial charge is 0.225 e. The molecule has 2 aliphatic rings. The van der Waals surface area contributed by atoms with Crippen molar-refractivity contribution >= 4 is 39.1 Å². The number of thiophene rings is 1. The molecule has 1 unspecified atom stereocenters. The Labute approximate surface area is 162 Å². The lowest BCUT2D eigenvalue weighted by Crippen LogP contribution is -2.45. The Morgan fingerprint density at radius 3 is 2.84 bits per heavy atom. The monoisotopic (exact) mass is 426 g/mol. The second-order valence-corrected chi connectivity index (χ2v) is 8.82. The number of rotatable bonds is 4. The molecule has 7 heteroatoms. The predicted molar refractivity (Wildman–Crippen MR) is 107 cm³/mol. The van der Waals surface area contributed by atoms with E-state index in [0.29, 0.717) is 5.91 Å². The molecule has 3 rings (SSSR count). The summed E-state index contributed by atoms with van der Waals surface area (Å²) in [6, 6.07) is 2.40. The zero-order valence-electron chi connectivity index (χ0n) is 14.8. The van der Waals surface area contributed by atoms with Gasteiger partial charge in [-0.05, 0) is 41.3 Å². The third-order valence-corrected chi connectivity index (χ3v) is 6.77. The summed E-state index contributed by atoms with van der Waals surface area (Å²) in [4.78, 5) is 20.3. The number of halogens is 1. The largest absolute Gasteiger partial charge is 0.352 e. The number of nitrogens with zero attached hydrogens (tertiary/aromatic N) is 2. The van der Waals surface area contributed by atoms with E-state index in [4.69, 9.17) is 0 Å². The predicted octanol–water partition coefficient (Wildman–Crippen LogP) is 3.36. The highest BCUT2D eigenvalue weighted by atomic mass is 79.9. The molecule has 138 valence electrons. The fraction of sp³-hybridized carbons (Fsp3) is 0.667. The summed E-state index contributed by atoms with van der Waals surface area (Å²) in [5.74, 6) is 1.44. The van der Waals surface area contributed by atoms with Crippen LogP contribution in [0.2, 0.25) is 0 Å². The Balaban J connectivity index is 1.45. The van der Waals surface area contributed by atoms with Gasteiger partial charge in [0.05, 0.1) is 6.54 Å². The van der Waals surface area contributed by atoms with Crippen molar-refractivity contribution in [3.05, 3.63) is 20.8 Å². The molecule has 1 atom stereocenters. The molecule has 1 saturated carbocycles. The first-order valence-corrected chi connectivity index (χ1v) is 10.8. The van der Waals surface area contributed by atoms with E-state index >= 15 is 0 Å². The lowest BCUT2D eigenvalue weighted by atomic mass is 9.88. The van der Waals surface area contributed by atoms with Crippen LogP contribution in [0.1, 0.15) is 43.4 Å². The molecule has 1 aromatic heterocycles. The van der Waals surface area contributed by atoms with Crippen molar-refractivity contribution in [2.24, 2.45) is 10.9 Å². The quantitative estimate of drug-likeness (QED) is 0.573. The van der Waals surface area contributed by atoms with Crippen molar-refractivity contribution in [3.63, 3.8) is 0 Å². The number of carbonyl (C=O) groups is 1. The number of carbonyl (C=O) groups excluding carboxylic acids is 1. The van der Waals surface area contributed by atoms with Gasteiger partial charge in [-0.2, -0.15) is 0 Å². The third-order valence-electron chi connectivity index (χ3n) is 5.07. The van der Waals surface area contributed by atoms with Crippen LogP contribution in [0, 0.1) is 5.92 Å². The fourth-order valence-corrected chi connectivity index (χ4v) is 5.08. The minimum atomic E-state index is 0.266. The lowest BCUT2D eigenvalue weighted by molar-refractivity contribution is -0.135. The summed E-state index contributed by atoms with van der Waals surface area (Å²) in [5.41, 5.74) is 0. The highest BCUT2D eigenvalue weighted by Crippen LogP contribution is 2.26. The number of nitrogens with one attached hydrogen (secondary N) is 2. The first-order valence-electron chi connectivity index (χ1n) is 9.14. The summed E-state index contributed by atoms with van der Waals surface area (Å²) < 4.78 is 1.12.